The van der Waals surface area contributed by atoms with Gasteiger partial charge in [0.15, 0.2) is 0 Å². The normalized spacial score (nSPS) is 16.5. The number of aryl methyl sites for hydroxylation is 2. The molecule has 26 heavy (non-hydrogen) atoms. The lowest BCUT2D eigenvalue weighted by molar-refractivity contribution is -0.116. The highest BCUT2D eigenvalue weighted by Crippen LogP contribution is 2.21. The zero-order chi connectivity index (χ0) is 18.9. The third-order valence-electron chi connectivity index (χ3n) is 4.78. The molecule has 1 aromatic rings. The SMILES string of the molecule is CCCCn1nc(C)c(/C=C/C(=O)NCCCN2CCN(C)CC2)c1Cl. The van der Waals surface area contributed by atoms with Gasteiger partial charge in [-0.15, -0.1) is 0 Å². The second-order valence-electron chi connectivity index (χ2n) is 6.99. The molecule has 1 saturated heterocycles. The Morgan fingerprint density at radius 1 is 1.23 bits per heavy atom. The molecule has 0 saturated carbocycles. The summed E-state index contributed by atoms with van der Waals surface area (Å²) in [6.07, 6.45) is 6.42. The Labute approximate surface area is 162 Å². The van der Waals surface area contributed by atoms with Crippen molar-refractivity contribution in [2.75, 3.05) is 46.3 Å². The monoisotopic (exact) mass is 381 g/mol. The van der Waals surface area contributed by atoms with E-state index in [1.165, 1.54) is 0 Å². The third kappa shape index (κ3) is 6.41. The van der Waals surface area contributed by atoms with E-state index in [0.717, 1.165) is 69.8 Å². The molecule has 7 heteroatoms. The number of likely N-dealkylation sites (N-methyl/N-ethyl adjacent to an activating group) is 1. The average Bonchev–Trinajstić information content (AvgIpc) is 2.90. The molecule has 0 unspecified atom stereocenters. The molecule has 1 amide bonds. The molecule has 0 aromatic carbocycles. The van der Waals surface area contributed by atoms with Crippen LogP contribution in [0.3, 0.4) is 0 Å². The lowest BCUT2D eigenvalue weighted by Gasteiger charge is -2.32. The van der Waals surface area contributed by atoms with Gasteiger partial charge < -0.3 is 15.1 Å². The molecule has 0 spiro atoms. The highest BCUT2D eigenvalue weighted by Gasteiger charge is 2.13. The number of halogens is 1. The number of amides is 1. The Bertz CT molecular complexity index is 605. The molecule has 0 atom stereocenters. The van der Waals surface area contributed by atoms with E-state index in [1.54, 1.807) is 12.2 Å². The van der Waals surface area contributed by atoms with E-state index in [0.29, 0.717) is 11.7 Å². The van der Waals surface area contributed by atoms with E-state index >= 15 is 0 Å². The molecule has 2 rings (SSSR count). The summed E-state index contributed by atoms with van der Waals surface area (Å²) in [4.78, 5) is 16.8. The van der Waals surface area contributed by atoms with Crippen molar-refractivity contribution in [1.82, 2.24) is 24.9 Å². The van der Waals surface area contributed by atoms with Gasteiger partial charge in [0.2, 0.25) is 5.91 Å². The van der Waals surface area contributed by atoms with Crippen molar-refractivity contribution in [3.05, 3.63) is 22.5 Å². The topological polar surface area (TPSA) is 53.4 Å². The molecule has 1 fully saturated rings. The molecule has 1 N–H and O–H groups in total. The number of carbonyl (C=O) groups excluding carboxylic acids is 1. The summed E-state index contributed by atoms with van der Waals surface area (Å²) in [6, 6.07) is 0. The number of rotatable bonds is 9. The van der Waals surface area contributed by atoms with E-state index in [2.05, 4.69) is 34.2 Å². The molecular weight excluding hydrogens is 350 g/mol. The van der Waals surface area contributed by atoms with Gasteiger partial charge in [-0.05, 0) is 39.4 Å². The lowest BCUT2D eigenvalue weighted by Crippen LogP contribution is -2.45. The average molecular weight is 382 g/mol. The summed E-state index contributed by atoms with van der Waals surface area (Å²) >= 11 is 6.38. The number of piperazine rings is 1. The molecule has 2 heterocycles. The largest absolute Gasteiger partial charge is 0.353 e. The van der Waals surface area contributed by atoms with Crippen LogP contribution in [0.2, 0.25) is 5.15 Å². The van der Waals surface area contributed by atoms with Gasteiger partial charge in [-0.2, -0.15) is 5.10 Å². The maximum atomic E-state index is 12.0. The van der Waals surface area contributed by atoms with Gasteiger partial charge in [0, 0.05) is 50.9 Å². The number of aromatic nitrogens is 2. The standard InChI is InChI=1S/C19H32ClN5O/c1-4-5-11-25-19(20)17(16(2)22-25)7-8-18(26)21-9-6-10-24-14-12-23(3)13-15-24/h7-8H,4-6,9-15H2,1-3H3,(H,21,26)/b8-7+. The van der Waals surface area contributed by atoms with Gasteiger partial charge in [-0.25, -0.2) is 0 Å². The number of carbonyl (C=O) groups is 1. The molecular formula is C19H32ClN5O. The number of nitrogens with zero attached hydrogens (tertiary/aromatic N) is 4. The molecule has 6 nitrogen and oxygen atoms in total. The maximum Gasteiger partial charge on any atom is 0.244 e. The maximum absolute atomic E-state index is 12.0. The highest BCUT2D eigenvalue weighted by atomic mass is 35.5. The Morgan fingerprint density at radius 3 is 2.65 bits per heavy atom. The van der Waals surface area contributed by atoms with Gasteiger partial charge in [-0.1, -0.05) is 24.9 Å². The van der Waals surface area contributed by atoms with Crippen LogP contribution in [0.4, 0.5) is 0 Å². The molecule has 1 aliphatic heterocycles. The molecule has 0 bridgehead atoms. The van der Waals surface area contributed by atoms with E-state index in [4.69, 9.17) is 11.6 Å². The summed E-state index contributed by atoms with van der Waals surface area (Å²) < 4.78 is 1.81. The van der Waals surface area contributed by atoms with Crippen molar-refractivity contribution in [1.29, 1.82) is 0 Å². The number of nitrogens with one attached hydrogen (secondary N) is 1. The van der Waals surface area contributed by atoms with E-state index in [-0.39, 0.29) is 5.91 Å². The van der Waals surface area contributed by atoms with Crippen molar-refractivity contribution in [2.45, 2.75) is 39.7 Å². The third-order valence-corrected chi connectivity index (χ3v) is 5.18. The zero-order valence-corrected chi connectivity index (χ0v) is 17.1. The highest BCUT2D eigenvalue weighted by molar-refractivity contribution is 6.31. The fraction of sp³-hybridized carbons (Fsp3) is 0.684. The fourth-order valence-corrected chi connectivity index (χ4v) is 3.34. The van der Waals surface area contributed by atoms with Crippen LogP contribution in [0.1, 0.15) is 37.4 Å². The zero-order valence-electron chi connectivity index (χ0n) is 16.3. The Balaban J connectivity index is 1.73. The fourth-order valence-electron chi connectivity index (χ4n) is 3.02. The molecule has 0 aliphatic carbocycles. The second kappa shape index (κ2) is 10.7. The van der Waals surface area contributed by atoms with Crippen LogP contribution < -0.4 is 5.32 Å². The molecule has 1 aliphatic rings. The first-order valence-electron chi connectivity index (χ1n) is 9.61. The van der Waals surface area contributed by atoms with Gasteiger partial charge in [0.05, 0.1) is 5.69 Å². The van der Waals surface area contributed by atoms with Gasteiger partial charge in [0.25, 0.3) is 0 Å². The van der Waals surface area contributed by atoms with Crippen LogP contribution >= 0.6 is 11.6 Å². The van der Waals surface area contributed by atoms with Crippen molar-refractivity contribution in [3.63, 3.8) is 0 Å². The van der Waals surface area contributed by atoms with Crippen LogP contribution in [-0.4, -0.2) is 71.8 Å². The van der Waals surface area contributed by atoms with Crippen LogP contribution in [0, 0.1) is 6.92 Å². The lowest BCUT2D eigenvalue weighted by atomic mass is 10.2. The summed E-state index contributed by atoms with van der Waals surface area (Å²) in [5, 5.41) is 8.01. The number of hydrogen-bond acceptors (Lipinski definition) is 4. The Kier molecular flexibility index (Phi) is 8.62. The molecule has 0 radical (unpaired) electrons. The van der Waals surface area contributed by atoms with Crippen LogP contribution in [0.5, 0.6) is 0 Å². The van der Waals surface area contributed by atoms with Gasteiger partial charge in [0.1, 0.15) is 5.15 Å². The molecule has 1 aromatic heterocycles. The second-order valence-corrected chi connectivity index (χ2v) is 7.35. The quantitative estimate of drug-likeness (QED) is 0.527. The number of unbranched alkanes of at least 4 members (excludes halogenated alkanes) is 1. The predicted octanol–water partition coefficient (Wildman–Crippen LogP) is 2.41. The number of hydrogen-bond donors (Lipinski definition) is 1. The van der Waals surface area contributed by atoms with E-state index < -0.39 is 0 Å². The van der Waals surface area contributed by atoms with Crippen LogP contribution in [0.25, 0.3) is 6.08 Å². The van der Waals surface area contributed by atoms with Crippen molar-refractivity contribution in [2.24, 2.45) is 0 Å². The minimum absolute atomic E-state index is 0.0832. The minimum atomic E-state index is -0.0832. The summed E-state index contributed by atoms with van der Waals surface area (Å²) in [5.74, 6) is -0.0832. The summed E-state index contributed by atoms with van der Waals surface area (Å²) in [5.41, 5.74) is 1.68. The first-order chi connectivity index (χ1) is 12.5. The van der Waals surface area contributed by atoms with E-state index in [9.17, 15) is 4.79 Å². The summed E-state index contributed by atoms with van der Waals surface area (Å²) in [7, 11) is 2.16. The van der Waals surface area contributed by atoms with Gasteiger partial charge in [-0.3, -0.25) is 9.48 Å². The predicted molar refractivity (Wildman–Crippen MR) is 107 cm³/mol. The van der Waals surface area contributed by atoms with Crippen LogP contribution in [-0.2, 0) is 11.3 Å². The molecule has 146 valence electrons. The minimum Gasteiger partial charge on any atom is -0.353 e. The van der Waals surface area contributed by atoms with Gasteiger partial charge >= 0.3 is 0 Å². The Hall–Kier alpha value is -1.37. The van der Waals surface area contributed by atoms with Crippen molar-refractivity contribution >= 4 is 23.6 Å². The van der Waals surface area contributed by atoms with Crippen molar-refractivity contribution < 1.29 is 4.79 Å². The van der Waals surface area contributed by atoms with E-state index in [1.807, 2.05) is 11.6 Å². The summed E-state index contributed by atoms with van der Waals surface area (Å²) in [6.45, 7) is 11.1. The smallest absolute Gasteiger partial charge is 0.244 e. The van der Waals surface area contributed by atoms with Crippen molar-refractivity contribution in [3.8, 4) is 0 Å². The van der Waals surface area contributed by atoms with Crippen LogP contribution in [0.15, 0.2) is 6.08 Å². The first-order valence-corrected chi connectivity index (χ1v) is 9.98. The Morgan fingerprint density at radius 2 is 1.96 bits per heavy atom. The first kappa shape index (κ1) is 20.9.